The van der Waals surface area contributed by atoms with Crippen LogP contribution in [-0.2, 0) is 4.74 Å². The number of carbonyl (C=O) groups is 1. The van der Waals surface area contributed by atoms with Crippen molar-refractivity contribution in [1.82, 2.24) is 4.90 Å². The minimum atomic E-state index is -1.72. The van der Waals surface area contributed by atoms with Gasteiger partial charge in [0.05, 0.1) is 16.1 Å². The summed E-state index contributed by atoms with van der Waals surface area (Å²) < 4.78 is 6.00. The molecule has 0 saturated carbocycles. The second-order valence-corrected chi connectivity index (χ2v) is 18.9. The first-order chi connectivity index (χ1) is 11.5. The minimum Gasteiger partial charge on any atom is -0.446 e. The van der Waals surface area contributed by atoms with E-state index in [0.717, 1.165) is 0 Å². The highest BCUT2D eigenvalue weighted by Crippen LogP contribution is 2.29. The third-order valence-electron chi connectivity index (χ3n) is 4.31. The fraction of sp³-hybridized carbons (Fsp3) is 0.550. The van der Waals surface area contributed by atoms with E-state index >= 15 is 0 Å². The lowest BCUT2D eigenvalue weighted by atomic mass is 10.2. The topological polar surface area (TPSA) is 29.5 Å². The number of hydrogen-bond donors (Lipinski definition) is 0. The van der Waals surface area contributed by atoms with Gasteiger partial charge in [0.1, 0.15) is 5.73 Å². The van der Waals surface area contributed by atoms with Gasteiger partial charge in [-0.3, -0.25) is 0 Å². The zero-order valence-corrected chi connectivity index (χ0v) is 19.2. The summed E-state index contributed by atoms with van der Waals surface area (Å²) in [6.07, 6.45) is 2.06. The predicted molar refractivity (Wildman–Crippen MR) is 114 cm³/mol. The molecule has 25 heavy (non-hydrogen) atoms. The fourth-order valence-corrected chi connectivity index (χ4v) is 5.65. The Morgan fingerprint density at radius 2 is 1.56 bits per heavy atom. The molecule has 0 radical (unpaired) electrons. The Kier molecular flexibility index (Phi) is 7.69. The van der Waals surface area contributed by atoms with E-state index in [0.29, 0.717) is 13.1 Å². The summed E-state index contributed by atoms with van der Waals surface area (Å²) in [7, 11) is -3.30. The first kappa shape index (κ1) is 21.7. The van der Waals surface area contributed by atoms with Crippen molar-refractivity contribution in [3.63, 3.8) is 0 Å². The molecule has 1 unspecified atom stereocenters. The molecule has 1 amide bonds. The van der Waals surface area contributed by atoms with E-state index in [-0.39, 0.29) is 11.8 Å². The van der Waals surface area contributed by atoms with E-state index in [1.54, 1.807) is 4.90 Å². The van der Waals surface area contributed by atoms with Gasteiger partial charge in [-0.15, -0.1) is 0 Å². The van der Waals surface area contributed by atoms with Crippen LogP contribution >= 0.6 is 0 Å². The molecule has 0 bridgehead atoms. The van der Waals surface area contributed by atoms with Crippen molar-refractivity contribution in [2.45, 2.75) is 58.9 Å². The molecule has 0 aliphatic carbocycles. The molecule has 0 N–H and O–H groups in total. The summed E-state index contributed by atoms with van der Waals surface area (Å²) >= 11 is 0. The number of nitrogens with zero attached hydrogens (tertiary/aromatic N) is 1. The average molecular weight is 378 g/mol. The Balaban J connectivity index is 3.28. The summed E-state index contributed by atoms with van der Waals surface area (Å²) in [5, 5.41) is 1.37. The van der Waals surface area contributed by atoms with Crippen LogP contribution in [0.3, 0.4) is 0 Å². The molecule has 1 atom stereocenters. The van der Waals surface area contributed by atoms with Crippen LogP contribution in [0.25, 0.3) is 5.20 Å². The number of hydrogen-bond acceptors (Lipinski definition) is 2. The SMILES string of the molecule is CCN(CC)C(=O)OC(/C=C(/c1ccccc1)[Si](C)(C)C)[Si](C)(C)C. The summed E-state index contributed by atoms with van der Waals surface area (Å²) in [4.78, 5) is 14.3. The molecule has 1 rings (SSSR count). The van der Waals surface area contributed by atoms with Crippen LogP contribution in [0.4, 0.5) is 4.79 Å². The van der Waals surface area contributed by atoms with E-state index in [4.69, 9.17) is 4.74 Å². The molecular formula is C20H35NO2Si2. The van der Waals surface area contributed by atoms with Gasteiger partial charge in [0.25, 0.3) is 0 Å². The monoisotopic (exact) mass is 377 g/mol. The standard InChI is InChI=1S/C20H35NO2Si2/c1-9-21(10-2)20(22)23-19(25(6,7)8)16-18(24(3,4)5)17-14-12-11-13-15-17/h11-16,19H,9-10H2,1-8H3/b18-16-. The van der Waals surface area contributed by atoms with Crippen LogP contribution in [-0.4, -0.2) is 46.0 Å². The molecule has 0 fully saturated rings. The number of carbonyl (C=O) groups excluding carboxylic acids is 1. The first-order valence-corrected chi connectivity index (χ1v) is 16.3. The molecule has 1 aromatic carbocycles. The summed E-state index contributed by atoms with van der Waals surface area (Å²) in [5.41, 5.74) is 1.13. The molecule has 3 nitrogen and oxygen atoms in total. The van der Waals surface area contributed by atoms with Crippen molar-refractivity contribution in [1.29, 1.82) is 0 Å². The van der Waals surface area contributed by atoms with Gasteiger partial charge in [0.15, 0.2) is 0 Å². The van der Waals surface area contributed by atoms with E-state index in [9.17, 15) is 4.79 Å². The molecule has 1 aromatic rings. The van der Waals surface area contributed by atoms with Crippen molar-refractivity contribution < 1.29 is 9.53 Å². The first-order valence-electron chi connectivity index (χ1n) is 9.24. The van der Waals surface area contributed by atoms with Gasteiger partial charge in [-0.25, -0.2) is 4.79 Å². The van der Waals surface area contributed by atoms with Crippen LogP contribution in [0.15, 0.2) is 36.4 Å². The normalized spacial score (nSPS) is 14.2. The molecule has 0 spiro atoms. The van der Waals surface area contributed by atoms with Gasteiger partial charge in [0, 0.05) is 13.1 Å². The third kappa shape index (κ3) is 6.47. The Labute approximate surface area is 156 Å². The van der Waals surface area contributed by atoms with Crippen LogP contribution < -0.4 is 0 Å². The maximum atomic E-state index is 12.5. The minimum absolute atomic E-state index is 0.123. The maximum Gasteiger partial charge on any atom is 0.409 e. The van der Waals surface area contributed by atoms with E-state index in [1.165, 1.54) is 10.8 Å². The second-order valence-electron chi connectivity index (χ2n) is 8.54. The van der Waals surface area contributed by atoms with Crippen molar-refractivity contribution in [2.75, 3.05) is 13.1 Å². The zero-order valence-electron chi connectivity index (χ0n) is 17.2. The van der Waals surface area contributed by atoms with Crippen LogP contribution in [0.1, 0.15) is 19.4 Å². The van der Waals surface area contributed by atoms with Gasteiger partial charge in [-0.05, 0) is 25.5 Å². The lowest BCUT2D eigenvalue weighted by Gasteiger charge is -2.31. The molecule has 0 aliphatic heterocycles. The van der Waals surface area contributed by atoms with Crippen molar-refractivity contribution >= 4 is 27.4 Å². The Morgan fingerprint density at radius 1 is 1.04 bits per heavy atom. The Morgan fingerprint density at radius 3 is 1.96 bits per heavy atom. The van der Waals surface area contributed by atoms with Gasteiger partial charge in [0.2, 0.25) is 0 Å². The molecule has 140 valence electrons. The smallest absolute Gasteiger partial charge is 0.409 e. The van der Waals surface area contributed by atoms with Gasteiger partial charge in [-0.2, -0.15) is 0 Å². The van der Waals surface area contributed by atoms with Crippen LogP contribution in [0.5, 0.6) is 0 Å². The Bertz CT molecular complexity index is 582. The second kappa shape index (κ2) is 8.85. The van der Waals surface area contributed by atoms with E-state index in [1.807, 2.05) is 19.9 Å². The molecule has 5 heteroatoms. The van der Waals surface area contributed by atoms with Gasteiger partial charge >= 0.3 is 6.09 Å². The highest BCUT2D eigenvalue weighted by atomic mass is 28.3. The molecular weight excluding hydrogens is 342 g/mol. The molecule has 0 heterocycles. The quantitative estimate of drug-likeness (QED) is 0.573. The van der Waals surface area contributed by atoms with E-state index in [2.05, 4.69) is 69.6 Å². The summed E-state index contributed by atoms with van der Waals surface area (Å²) in [5.74, 6) is 0. The highest BCUT2D eigenvalue weighted by Gasteiger charge is 2.32. The van der Waals surface area contributed by atoms with Crippen LogP contribution in [0.2, 0.25) is 39.3 Å². The van der Waals surface area contributed by atoms with Crippen molar-refractivity contribution in [3.05, 3.63) is 42.0 Å². The number of benzene rings is 1. The average Bonchev–Trinajstić information content (AvgIpc) is 2.51. The molecule has 0 aromatic heterocycles. The predicted octanol–water partition coefficient (Wildman–Crippen LogP) is 5.67. The van der Waals surface area contributed by atoms with Crippen LogP contribution in [0, 0.1) is 0 Å². The number of ether oxygens (including phenoxy) is 1. The molecule has 0 aliphatic rings. The van der Waals surface area contributed by atoms with Gasteiger partial charge < -0.3 is 9.64 Å². The zero-order chi connectivity index (χ0) is 19.3. The fourth-order valence-electron chi connectivity index (χ4n) is 2.67. The largest absolute Gasteiger partial charge is 0.446 e. The van der Waals surface area contributed by atoms with E-state index < -0.39 is 16.1 Å². The summed E-state index contributed by atoms with van der Waals surface area (Å²) in [6.45, 7) is 19.2. The lowest BCUT2D eigenvalue weighted by molar-refractivity contribution is 0.103. The summed E-state index contributed by atoms with van der Waals surface area (Å²) in [6, 6.07) is 10.5. The highest BCUT2D eigenvalue weighted by molar-refractivity contribution is 6.94. The molecule has 0 saturated heterocycles. The van der Waals surface area contributed by atoms with Gasteiger partial charge in [-0.1, -0.05) is 74.8 Å². The third-order valence-corrected chi connectivity index (χ3v) is 8.38. The van der Waals surface area contributed by atoms with Crippen molar-refractivity contribution in [2.24, 2.45) is 0 Å². The maximum absolute atomic E-state index is 12.5. The number of rotatable bonds is 7. The Hall–Kier alpha value is -1.34. The lowest BCUT2D eigenvalue weighted by Crippen LogP contribution is -2.44. The van der Waals surface area contributed by atoms with Crippen molar-refractivity contribution in [3.8, 4) is 0 Å². The number of amides is 1.